The predicted molar refractivity (Wildman–Crippen MR) is 82.8 cm³/mol. The summed E-state index contributed by atoms with van der Waals surface area (Å²) < 4.78 is 0. The van der Waals surface area contributed by atoms with Crippen LogP contribution in [0.3, 0.4) is 0 Å². The molecule has 1 heterocycles. The zero-order valence-electron chi connectivity index (χ0n) is 12.7. The molecule has 0 saturated carbocycles. The number of rotatable bonds is 3. The molecule has 1 saturated heterocycles. The van der Waals surface area contributed by atoms with Gasteiger partial charge in [0, 0.05) is 30.9 Å². The van der Waals surface area contributed by atoms with Gasteiger partial charge in [-0.15, -0.1) is 0 Å². The highest BCUT2D eigenvalue weighted by molar-refractivity contribution is 5.52. The molecule has 1 aromatic rings. The molecule has 0 spiro atoms. The van der Waals surface area contributed by atoms with E-state index in [1.807, 2.05) is 0 Å². The van der Waals surface area contributed by atoms with Crippen molar-refractivity contribution in [3.63, 3.8) is 0 Å². The van der Waals surface area contributed by atoms with Crippen LogP contribution in [0.4, 0.5) is 5.69 Å². The summed E-state index contributed by atoms with van der Waals surface area (Å²) in [5.74, 6) is 0. The highest BCUT2D eigenvalue weighted by Crippen LogP contribution is 2.26. The first-order valence-corrected chi connectivity index (χ1v) is 7.27. The maximum absolute atomic E-state index is 5.79. The van der Waals surface area contributed by atoms with Gasteiger partial charge in [0.1, 0.15) is 0 Å². The standard InChI is InChI=1S/C16H27N3/c1-12-5-6-15(9-13(12)2)19-10-14(3)18(4)11-16(19)7-8-17/h5-6,9,14,16H,7-8,10-11,17H2,1-4H3. The van der Waals surface area contributed by atoms with Gasteiger partial charge < -0.3 is 10.6 Å². The predicted octanol–water partition coefficient (Wildman–Crippen LogP) is 2.16. The molecule has 0 aromatic heterocycles. The van der Waals surface area contributed by atoms with Gasteiger partial charge in [-0.05, 0) is 64.0 Å². The number of anilines is 1. The molecular formula is C16H27N3. The third-order valence-corrected chi connectivity index (χ3v) is 4.47. The molecule has 3 heteroatoms. The van der Waals surface area contributed by atoms with Crippen LogP contribution in [0.15, 0.2) is 18.2 Å². The number of piperazine rings is 1. The van der Waals surface area contributed by atoms with Crippen molar-refractivity contribution >= 4 is 5.69 Å². The zero-order chi connectivity index (χ0) is 14.0. The third-order valence-electron chi connectivity index (χ3n) is 4.47. The van der Waals surface area contributed by atoms with Gasteiger partial charge in [-0.25, -0.2) is 0 Å². The zero-order valence-corrected chi connectivity index (χ0v) is 12.7. The summed E-state index contributed by atoms with van der Waals surface area (Å²) in [5.41, 5.74) is 9.87. The van der Waals surface area contributed by atoms with Crippen LogP contribution in [0.25, 0.3) is 0 Å². The molecule has 19 heavy (non-hydrogen) atoms. The quantitative estimate of drug-likeness (QED) is 0.905. The molecule has 1 aromatic carbocycles. The number of nitrogens with zero attached hydrogens (tertiary/aromatic N) is 2. The molecule has 0 radical (unpaired) electrons. The van der Waals surface area contributed by atoms with Crippen molar-refractivity contribution in [2.45, 2.75) is 39.3 Å². The van der Waals surface area contributed by atoms with Gasteiger partial charge in [-0.3, -0.25) is 4.90 Å². The fourth-order valence-corrected chi connectivity index (χ4v) is 2.84. The van der Waals surface area contributed by atoms with Gasteiger partial charge in [0.2, 0.25) is 0 Å². The molecule has 1 aliphatic heterocycles. The Hall–Kier alpha value is -1.06. The highest BCUT2D eigenvalue weighted by atomic mass is 15.3. The highest BCUT2D eigenvalue weighted by Gasteiger charge is 2.29. The molecule has 1 aliphatic rings. The Morgan fingerprint density at radius 1 is 1.21 bits per heavy atom. The summed E-state index contributed by atoms with van der Waals surface area (Å²) >= 11 is 0. The van der Waals surface area contributed by atoms with Gasteiger partial charge in [0.25, 0.3) is 0 Å². The summed E-state index contributed by atoms with van der Waals surface area (Å²) in [6, 6.07) is 7.93. The molecule has 0 amide bonds. The van der Waals surface area contributed by atoms with E-state index in [-0.39, 0.29) is 0 Å². The minimum Gasteiger partial charge on any atom is -0.366 e. The monoisotopic (exact) mass is 261 g/mol. The second-order valence-electron chi connectivity index (χ2n) is 5.94. The lowest BCUT2D eigenvalue weighted by Gasteiger charge is -2.45. The van der Waals surface area contributed by atoms with E-state index >= 15 is 0 Å². The Kier molecular flexibility index (Phi) is 4.48. The smallest absolute Gasteiger partial charge is 0.0429 e. The first kappa shape index (κ1) is 14.4. The van der Waals surface area contributed by atoms with Crippen LogP contribution in [-0.4, -0.2) is 43.7 Å². The van der Waals surface area contributed by atoms with E-state index in [0.29, 0.717) is 12.1 Å². The van der Waals surface area contributed by atoms with E-state index in [1.165, 1.54) is 16.8 Å². The molecule has 0 bridgehead atoms. The summed E-state index contributed by atoms with van der Waals surface area (Å²) in [6.45, 7) is 9.61. The van der Waals surface area contributed by atoms with Crippen LogP contribution in [-0.2, 0) is 0 Å². The van der Waals surface area contributed by atoms with Crippen LogP contribution in [0, 0.1) is 13.8 Å². The fourth-order valence-electron chi connectivity index (χ4n) is 2.84. The molecular weight excluding hydrogens is 234 g/mol. The van der Waals surface area contributed by atoms with Crippen LogP contribution >= 0.6 is 0 Å². The number of benzene rings is 1. The van der Waals surface area contributed by atoms with Crippen LogP contribution in [0.5, 0.6) is 0 Å². The first-order valence-electron chi connectivity index (χ1n) is 7.27. The second-order valence-corrected chi connectivity index (χ2v) is 5.94. The summed E-state index contributed by atoms with van der Waals surface area (Å²) in [5, 5.41) is 0. The third kappa shape index (κ3) is 3.10. The van der Waals surface area contributed by atoms with E-state index in [0.717, 1.165) is 26.1 Å². The minimum atomic E-state index is 0.535. The number of aryl methyl sites for hydroxylation is 2. The number of hydrogen-bond donors (Lipinski definition) is 1. The fraction of sp³-hybridized carbons (Fsp3) is 0.625. The molecule has 2 atom stereocenters. The van der Waals surface area contributed by atoms with Crippen molar-refractivity contribution in [2.24, 2.45) is 5.73 Å². The largest absolute Gasteiger partial charge is 0.366 e. The molecule has 3 nitrogen and oxygen atoms in total. The van der Waals surface area contributed by atoms with Crippen LogP contribution < -0.4 is 10.6 Å². The Balaban J connectivity index is 2.25. The Labute approximate surface area is 117 Å². The number of hydrogen-bond acceptors (Lipinski definition) is 3. The SMILES string of the molecule is Cc1ccc(N2CC(C)N(C)CC2CCN)cc1C. The summed E-state index contributed by atoms with van der Waals surface area (Å²) in [6.07, 6.45) is 1.06. The van der Waals surface area contributed by atoms with E-state index in [4.69, 9.17) is 5.73 Å². The average Bonchev–Trinajstić information content (AvgIpc) is 2.37. The van der Waals surface area contributed by atoms with Gasteiger partial charge in [0.15, 0.2) is 0 Å². The Morgan fingerprint density at radius 2 is 1.95 bits per heavy atom. The molecule has 0 aliphatic carbocycles. The normalized spacial score (nSPS) is 24.8. The molecule has 106 valence electrons. The van der Waals surface area contributed by atoms with Crippen molar-refractivity contribution < 1.29 is 0 Å². The van der Waals surface area contributed by atoms with Gasteiger partial charge in [-0.2, -0.15) is 0 Å². The average molecular weight is 261 g/mol. The Morgan fingerprint density at radius 3 is 2.58 bits per heavy atom. The van der Waals surface area contributed by atoms with E-state index in [2.05, 4.69) is 55.8 Å². The lowest BCUT2D eigenvalue weighted by molar-refractivity contribution is 0.196. The van der Waals surface area contributed by atoms with Crippen molar-refractivity contribution in [3.05, 3.63) is 29.3 Å². The summed E-state index contributed by atoms with van der Waals surface area (Å²) in [4.78, 5) is 4.99. The van der Waals surface area contributed by atoms with Crippen molar-refractivity contribution in [3.8, 4) is 0 Å². The lowest BCUT2D eigenvalue weighted by atomic mass is 10.0. The van der Waals surface area contributed by atoms with E-state index in [9.17, 15) is 0 Å². The van der Waals surface area contributed by atoms with Gasteiger partial charge in [0.05, 0.1) is 0 Å². The number of likely N-dealkylation sites (N-methyl/N-ethyl adjacent to an activating group) is 1. The van der Waals surface area contributed by atoms with Crippen LogP contribution in [0.1, 0.15) is 24.5 Å². The van der Waals surface area contributed by atoms with Crippen molar-refractivity contribution in [2.75, 3.05) is 31.6 Å². The minimum absolute atomic E-state index is 0.535. The first-order chi connectivity index (χ1) is 9.02. The summed E-state index contributed by atoms with van der Waals surface area (Å²) in [7, 11) is 2.21. The Bertz CT molecular complexity index is 430. The molecule has 2 rings (SSSR count). The number of nitrogens with two attached hydrogens (primary N) is 1. The van der Waals surface area contributed by atoms with Gasteiger partial charge in [-0.1, -0.05) is 6.07 Å². The van der Waals surface area contributed by atoms with E-state index < -0.39 is 0 Å². The molecule has 2 N–H and O–H groups in total. The maximum atomic E-state index is 5.79. The van der Waals surface area contributed by atoms with Crippen LogP contribution in [0.2, 0.25) is 0 Å². The molecule has 1 fully saturated rings. The second kappa shape index (κ2) is 5.93. The van der Waals surface area contributed by atoms with Gasteiger partial charge >= 0.3 is 0 Å². The maximum Gasteiger partial charge on any atom is 0.0429 e. The molecule has 2 unspecified atom stereocenters. The van der Waals surface area contributed by atoms with Crippen molar-refractivity contribution in [1.82, 2.24) is 4.90 Å². The van der Waals surface area contributed by atoms with Crippen molar-refractivity contribution in [1.29, 1.82) is 0 Å². The lowest BCUT2D eigenvalue weighted by Crippen LogP contribution is -2.56. The topological polar surface area (TPSA) is 32.5 Å². The van der Waals surface area contributed by atoms with E-state index in [1.54, 1.807) is 0 Å².